The quantitative estimate of drug-likeness (QED) is 0.120. The molecule has 832 valence electrons. The van der Waals surface area contributed by atoms with Gasteiger partial charge in [0.25, 0.3) is 5.92 Å². The van der Waals surface area contributed by atoms with Crippen LogP contribution < -0.4 is 0 Å². The van der Waals surface area contributed by atoms with Crippen LogP contribution in [0.4, 0.5) is 13.2 Å². The van der Waals surface area contributed by atoms with Gasteiger partial charge in [-0.2, -0.15) is 0 Å². The average molecular weight is 2030 g/mol. The molecular weight excluding hydrogens is 1810 g/mol. The van der Waals surface area contributed by atoms with E-state index in [1.807, 2.05) is 26.8 Å². The molecule has 2 atom stereocenters. The molecule has 0 radical (unpaired) electrons. The number of ether oxygens (including phenoxy) is 2. The van der Waals surface area contributed by atoms with E-state index in [0.29, 0.717) is 30.1 Å². The fourth-order valence-electron chi connectivity index (χ4n) is 24.3. The summed E-state index contributed by atoms with van der Waals surface area (Å²) < 4.78 is 49.4. The summed E-state index contributed by atoms with van der Waals surface area (Å²) in [5.74, 6) is 21.4. The third kappa shape index (κ3) is 53.0. The minimum Gasteiger partial charge on any atom is -1.00 e. The molecule has 0 amide bonds. The predicted octanol–water partition coefficient (Wildman–Crippen LogP) is 44.0. The zero-order chi connectivity index (χ0) is 106. The van der Waals surface area contributed by atoms with Gasteiger partial charge in [0.05, 0.1) is 13.2 Å². The van der Waals surface area contributed by atoms with E-state index in [4.69, 9.17) is 22.3 Å². The fourth-order valence-corrected chi connectivity index (χ4v) is 24.3. The van der Waals surface area contributed by atoms with E-state index in [-0.39, 0.29) is 42.2 Å². The molecular formula is C143H226F3O2-. The highest BCUT2D eigenvalue weighted by Gasteiger charge is 2.41. The Morgan fingerprint density at radius 1 is 0.291 bits per heavy atom. The number of halogens is 3. The first-order valence-electron chi connectivity index (χ1n) is 60.7. The summed E-state index contributed by atoms with van der Waals surface area (Å²) in [5.41, 5.74) is 18.5. The molecule has 19 rings (SSSR count). The highest BCUT2D eigenvalue weighted by atomic mass is 19.3. The van der Waals surface area contributed by atoms with Gasteiger partial charge in [0.1, 0.15) is 5.82 Å². The maximum absolute atomic E-state index is 13.4. The van der Waals surface area contributed by atoms with Gasteiger partial charge < -0.3 is 10.9 Å². The Kier molecular flexibility index (Phi) is 63.4. The highest BCUT2D eigenvalue weighted by molar-refractivity contribution is 5.64. The van der Waals surface area contributed by atoms with Crippen LogP contribution >= 0.6 is 0 Å². The van der Waals surface area contributed by atoms with Crippen LogP contribution in [0.25, 0.3) is 11.1 Å². The number of hydrogen-bond donors (Lipinski definition) is 0. The van der Waals surface area contributed by atoms with Gasteiger partial charge in [-0.3, -0.25) is 0 Å². The van der Waals surface area contributed by atoms with Gasteiger partial charge >= 0.3 is 0 Å². The second kappa shape index (κ2) is 72.2. The normalized spacial score (nSPS) is 29.0. The van der Waals surface area contributed by atoms with Crippen molar-refractivity contribution in [1.82, 2.24) is 0 Å². The van der Waals surface area contributed by atoms with Gasteiger partial charge in [-0.05, 0) is 360 Å². The Balaban J connectivity index is 0.000000342. The smallest absolute Gasteiger partial charge is 0.250 e. The largest absolute Gasteiger partial charge is 1.00 e. The maximum atomic E-state index is 13.4. The number of benzene rings is 7. The number of alkyl halides is 2. The van der Waals surface area contributed by atoms with Crippen LogP contribution in [0.2, 0.25) is 0 Å². The Hall–Kier alpha value is -6.63. The monoisotopic (exact) mass is 2030 g/mol. The van der Waals surface area contributed by atoms with Crippen molar-refractivity contribution in [2.75, 3.05) is 13.2 Å². The van der Waals surface area contributed by atoms with Gasteiger partial charge in [-0.15, -0.1) is 24.7 Å². The topological polar surface area (TPSA) is 18.5 Å². The molecule has 1 saturated heterocycles. The summed E-state index contributed by atoms with van der Waals surface area (Å²) in [6.07, 6.45) is 76.1. The average Bonchev–Trinajstić information content (AvgIpc) is 0.835. The van der Waals surface area contributed by atoms with Crippen LogP contribution in [-0.4, -0.2) is 25.4 Å². The Morgan fingerprint density at radius 3 is 0.858 bits per heavy atom. The first-order valence-corrected chi connectivity index (χ1v) is 60.7. The van der Waals surface area contributed by atoms with Crippen LogP contribution in [-0.2, 0) is 28.7 Å². The van der Waals surface area contributed by atoms with Crippen molar-refractivity contribution < 1.29 is 25.5 Å². The number of terminal acetylenes is 2. The molecule has 2 nitrogen and oxygen atoms in total. The van der Waals surface area contributed by atoms with Gasteiger partial charge in [-0.1, -0.05) is 450 Å². The Morgan fingerprint density at radius 2 is 0.554 bits per heavy atom. The van der Waals surface area contributed by atoms with Crippen LogP contribution in [0.1, 0.15) is 482 Å². The summed E-state index contributed by atoms with van der Waals surface area (Å²) in [6.45, 7) is 47.7. The third-order valence-electron chi connectivity index (χ3n) is 36.4. The number of rotatable bonds is 11. The molecule has 11 saturated carbocycles. The standard InChI is InChI=1S/C16H24.C16H18.C15H24.C14H19F.C14H26.C14H20.C14H14.C9H14.C8H14F2.C8H16.C7H14.C6H12O2.2CH4.H2.H/c2*1-13-3-7-15(8-4-13)11-12-16-9-5-14(2)6-10-16;1-3-13-6-10-15(11-7-13)14-8-4-12(2)5-9-14;1-10-3-6-12(7-4-10)13-8-5-11(2)14(15)9-13;3*1-11-3-7-13(8-4-11)14-9-5-12(2)6-10-14;1-3-9-6-4-8(2)5-7-9;1-6-3-4-7(2)8(9,10)5-6;1-7-3-5-8(2)6-4-7;1-7-5-3-2-4-6-7;1-5-3-7-6(2)8-4-5;;;;/h3-4,7-8,14,16H,5-6,9-12H2,1-2H3;3-10H,11-12H2,1-2H3;1,12-15H,4-11H2,2H3;5,8-10,12H,3-4,6-7H2,1-2H3;11-14H,3-10H2,1-2H3;3-4,7-8,12,14H,5-6,9-10H2,1-2H3;3-10H,1-2H3;1,8-9H,4-7H2,2H3;6-7H,3-5H2,1-2H3;7-8H,3-6H2,1-2H3;7H,2-6H2,1H3;5-6H,3-4H2,1-2H3;2*1H4;1H;/q;;;;;;;;;;;;;;;-1. The van der Waals surface area contributed by atoms with E-state index >= 15 is 0 Å². The van der Waals surface area contributed by atoms with Crippen molar-refractivity contribution in [1.29, 1.82) is 0 Å². The number of hydrogen-bond acceptors (Lipinski definition) is 2. The van der Waals surface area contributed by atoms with E-state index in [1.54, 1.807) is 44.2 Å². The molecule has 12 aliphatic rings. The second-order valence-corrected chi connectivity index (χ2v) is 50.6. The molecule has 7 aromatic carbocycles. The predicted molar refractivity (Wildman–Crippen MR) is 646 cm³/mol. The van der Waals surface area contributed by atoms with Crippen LogP contribution in [0, 0.1) is 197 Å². The van der Waals surface area contributed by atoms with Gasteiger partial charge in [0.2, 0.25) is 0 Å². The van der Waals surface area contributed by atoms with Crippen LogP contribution in [0.5, 0.6) is 0 Å². The fraction of sp³-hybridized carbons (Fsp3) is 0.678. The minimum absolute atomic E-state index is 0. The van der Waals surface area contributed by atoms with Crippen molar-refractivity contribution >= 4 is 0 Å². The Labute approximate surface area is 915 Å². The zero-order valence-corrected chi connectivity index (χ0v) is 97.3. The van der Waals surface area contributed by atoms with Crippen molar-refractivity contribution in [2.24, 2.45) is 118 Å². The molecule has 0 spiro atoms. The lowest BCUT2D eigenvalue weighted by atomic mass is 9.69. The molecule has 11 aliphatic carbocycles. The summed E-state index contributed by atoms with van der Waals surface area (Å²) >= 11 is 0. The van der Waals surface area contributed by atoms with E-state index < -0.39 is 11.8 Å². The van der Waals surface area contributed by atoms with E-state index in [9.17, 15) is 13.2 Å². The summed E-state index contributed by atoms with van der Waals surface area (Å²) in [6, 6.07) is 58.8. The van der Waals surface area contributed by atoms with Crippen molar-refractivity contribution in [3.05, 3.63) is 236 Å². The molecule has 0 aromatic heterocycles. The van der Waals surface area contributed by atoms with Gasteiger partial charge in [0.15, 0.2) is 6.29 Å². The lowest BCUT2D eigenvalue weighted by Crippen LogP contribution is -2.32. The maximum Gasteiger partial charge on any atom is 0.250 e. The zero-order valence-electron chi connectivity index (χ0n) is 98.3. The molecule has 5 heteroatoms. The van der Waals surface area contributed by atoms with Gasteiger partial charge in [-0.25, -0.2) is 13.2 Å². The van der Waals surface area contributed by atoms with Crippen molar-refractivity contribution in [2.45, 2.75) is 492 Å². The van der Waals surface area contributed by atoms with Crippen molar-refractivity contribution in [3.8, 4) is 35.8 Å². The van der Waals surface area contributed by atoms with Gasteiger partial charge in [0, 0.05) is 31.5 Å². The minimum atomic E-state index is -2.39. The lowest BCUT2D eigenvalue weighted by molar-refractivity contribution is -0.187. The van der Waals surface area contributed by atoms with E-state index in [0.717, 1.165) is 133 Å². The molecule has 12 fully saturated rings. The number of aryl methyl sites for hydroxylation is 10. The molecule has 1 aliphatic heterocycles. The summed E-state index contributed by atoms with van der Waals surface area (Å²) in [7, 11) is 0. The first kappa shape index (κ1) is 130. The van der Waals surface area contributed by atoms with Crippen molar-refractivity contribution in [3.63, 3.8) is 0 Å². The van der Waals surface area contributed by atoms with Crippen LogP contribution in [0.15, 0.2) is 164 Å². The molecule has 2 unspecified atom stereocenters. The van der Waals surface area contributed by atoms with Crippen LogP contribution in [0.3, 0.4) is 0 Å². The molecule has 1 heterocycles. The third-order valence-corrected chi connectivity index (χ3v) is 36.4. The Bertz CT molecular complexity index is 4400. The SMILES string of the molecule is C.C.C#CC1CCC(C)CC1.C#CC1CCC(C2CCC(C)CC2)CC1.CC1CCC(C)C(F)(F)C1.CC1CCC(C)CC1.CC1CCC(C2CCC(C)CC2)CC1.CC1CCCCC1.CC1COC(C)OC1.Cc1ccc(-c2ccc(C)cc2)cc1.Cc1ccc(C2CCC(C)CC2)cc1.Cc1ccc(C2CCC(C)CC2)cc1F.Cc1ccc(CCC2CCC(C)CC2)cc1.Cc1ccc(CCc2ccc(C)cc2)cc1.[H-].[HH]. The summed E-state index contributed by atoms with van der Waals surface area (Å²) in [4.78, 5) is 0. The highest BCUT2D eigenvalue weighted by Crippen LogP contribution is 2.46. The molecule has 148 heavy (non-hydrogen) atoms. The van der Waals surface area contributed by atoms with E-state index in [1.165, 1.54) is 317 Å². The molecule has 0 bridgehead atoms. The second-order valence-electron chi connectivity index (χ2n) is 50.6. The molecule has 7 aromatic rings. The van der Waals surface area contributed by atoms with E-state index in [2.05, 4.69) is 281 Å². The first-order chi connectivity index (χ1) is 70.0. The lowest BCUT2D eigenvalue weighted by Gasteiger charge is -2.36. The summed E-state index contributed by atoms with van der Waals surface area (Å²) in [5, 5.41) is 0. The molecule has 0 N–H and O–H groups in total.